The van der Waals surface area contributed by atoms with Crippen molar-refractivity contribution >= 4 is 22.5 Å². The van der Waals surface area contributed by atoms with E-state index in [4.69, 9.17) is 16.6 Å². The third-order valence-corrected chi connectivity index (χ3v) is 12.3. The van der Waals surface area contributed by atoms with E-state index in [0.717, 1.165) is 44.3 Å². The molecule has 3 N–H and O–H groups in total. The highest BCUT2D eigenvalue weighted by Crippen LogP contribution is 2.68. The zero-order chi connectivity index (χ0) is 26.1. The molecule has 0 amide bonds. The zero-order valence-electron chi connectivity index (χ0n) is 22.5. The molecule has 6 rings (SSSR count). The number of aliphatic hydroxyl groups excluding tert-OH is 2. The summed E-state index contributed by atoms with van der Waals surface area (Å²) in [7, 11) is 0. The fourth-order valence-electron chi connectivity index (χ4n) is 10.0. The largest absolute Gasteiger partial charge is 0.393 e. The molecular formula is C31H43ClN2O3. The molecule has 4 fully saturated rings. The Morgan fingerprint density at radius 3 is 2.73 bits per heavy atom. The number of aliphatic hydroxyl groups is 2. The first kappa shape index (κ1) is 25.8. The molecule has 1 aromatic heterocycles. The van der Waals surface area contributed by atoms with Crippen LogP contribution in [0.1, 0.15) is 84.4 Å². The van der Waals surface area contributed by atoms with Gasteiger partial charge in [-0.15, -0.1) is 0 Å². The van der Waals surface area contributed by atoms with E-state index in [9.17, 15) is 15.0 Å². The van der Waals surface area contributed by atoms with Crippen LogP contribution >= 0.6 is 11.6 Å². The van der Waals surface area contributed by atoms with Gasteiger partial charge in [-0.25, -0.2) is 4.98 Å². The number of hydrogen-bond acceptors (Lipinski definition) is 4. The molecule has 2 aromatic rings. The van der Waals surface area contributed by atoms with Crippen LogP contribution in [0, 0.1) is 46.3 Å². The number of H-pyrrole nitrogens is 1. The second-order valence-electron chi connectivity index (χ2n) is 13.6. The van der Waals surface area contributed by atoms with E-state index in [1.54, 1.807) is 12.1 Å². The molecule has 0 radical (unpaired) electrons. The summed E-state index contributed by atoms with van der Waals surface area (Å²) in [5.41, 5.74) is 0.790. The molecule has 6 heteroatoms. The summed E-state index contributed by atoms with van der Waals surface area (Å²) in [6.07, 6.45) is 10.1. The summed E-state index contributed by atoms with van der Waals surface area (Å²) in [5.74, 6) is 4.15. The molecule has 37 heavy (non-hydrogen) atoms. The van der Waals surface area contributed by atoms with Crippen molar-refractivity contribution < 1.29 is 10.2 Å². The van der Waals surface area contributed by atoms with E-state index in [2.05, 4.69) is 25.8 Å². The minimum Gasteiger partial charge on any atom is -0.393 e. The lowest BCUT2D eigenvalue weighted by Crippen LogP contribution is -2.58. The highest BCUT2D eigenvalue weighted by atomic mass is 35.5. The van der Waals surface area contributed by atoms with Crippen molar-refractivity contribution in [1.82, 2.24) is 9.97 Å². The Bertz CT molecular complexity index is 1230. The van der Waals surface area contributed by atoms with Crippen LogP contribution in [0.4, 0.5) is 0 Å². The SMILES string of the molecule is C[C@H](CCc1nc2ccc(Cl)cc2c(=O)[nH]1)[C@H]1CC[C@H]2[C@@H]3CC[C@@H]4C[C@H](O)CC[C@]4(C)C3C[C@H](O)[C@]12C. The van der Waals surface area contributed by atoms with Crippen LogP contribution in [-0.2, 0) is 6.42 Å². The van der Waals surface area contributed by atoms with Crippen LogP contribution in [0.15, 0.2) is 23.0 Å². The third-order valence-electron chi connectivity index (χ3n) is 12.1. The topological polar surface area (TPSA) is 86.2 Å². The smallest absolute Gasteiger partial charge is 0.258 e. The van der Waals surface area contributed by atoms with Crippen molar-refractivity contribution in [3.05, 3.63) is 39.4 Å². The summed E-state index contributed by atoms with van der Waals surface area (Å²) in [4.78, 5) is 20.3. The van der Waals surface area contributed by atoms with Gasteiger partial charge in [0.05, 0.1) is 23.1 Å². The average Bonchev–Trinajstić information content (AvgIpc) is 3.23. The Labute approximate surface area is 225 Å². The van der Waals surface area contributed by atoms with E-state index in [1.165, 1.54) is 25.7 Å². The number of hydrogen-bond donors (Lipinski definition) is 3. The minimum absolute atomic E-state index is 0.0427. The lowest BCUT2D eigenvalue weighted by Gasteiger charge is -2.62. The summed E-state index contributed by atoms with van der Waals surface area (Å²) < 4.78 is 0. The minimum atomic E-state index is -0.264. The van der Waals surface area contributed by atoms with E-state index in [1.807, 2.05) is 6.07 Å². The predicted molar refractivity (Wildman–Crippen MR) is 147 cm³/mol. The third kappa shape index (κ3) is 4.10. The van der Waals surface area contributed by atoms with Gasteiger partial charge in [-0.3, -0.25) is 4.79 Å². The summed E-state index contributed by atoms with van der Waals surface area (Å²) in [6.45, 7) is 7.22. The Morgan fingerprint density at radius 2 is 1.92 bits per heavy atom. The van der Waals surface area contributed by atoms with Crippen molar-refractivity contribution in [2.24, 2.45) is 46.3 Å². The monoisotopic (exact) mass is 526 g/mol. The van der Waals surface area contributed by atoms with Crippen LogP contribution in [-0.4, -0.2) is 32.4 Å². The van der Waals surface area contributed by atoms with Gasteiger partial charge in [-0.1, -0.05) is 32.4 Å². The van der Waals surface area contributed by atoms with Gasteiger partial charge in [0, 0.05) is 11.4 Å². The van der Waals surface area contributed by atoms with Crippen LogP contribution in [0.2, 0.25) is 5.02 Å². The van der Waals surface area contributed by atoms with Gasteiger partial charge in [0.25, 0.3) is 5.56 Å². The summed E-state index contributed by atoms with van der Waals surface area (Å²) >= 11 is 6.07. The number of aromatic nitrogens is 2. The maximum Gasteiger partial charge on any atom is 0.258 e. The van der Waals surface area contributed by atoms with Gasteiger partial charge in [0.2, 0.25) is 0 Å². The van der Waals surface area contributed by atoms with Crippen LogP contribution < -0.4 is 5.56 Å². The van der Waals surface area contributed by atoms with Gasteiger partial charge in [-0.2, -0.15) is 0 Å². The number of halogens is 1. The second kappa shape index (κ2) is 9.34. The average molecular weight is 527 g/mol. The Kier molecular flexibility index (Phi) is 6.52. The van der Waals surface area contributed by atoms with Crippen molar-refractivity contribution in [2.75, 3.05) is 0 Å². The first-order valence-electron chi connectivity index (χ1n) is 14.7. The van der Waals surface area contributed by atoms with Gasteiger partial charge in [0.15, 0.2) is 0 Å². The number of aryl methyl sites for hydroxylation is 1. The first-order chi connectivity index (χ1) is 17.6. The standard InChI is InChI=1S/C31H43ClN2O3/c1-17(4-11-28-33-26-10-6-19(32)15-22(26)29(37)34-28)23-8-9-24-21-7-5-18-14-20(35)12-13-30(18,2)25(21)16-27(36)31(23,24)3/h6,10,15,17-18,20-21,23-25,27,35-36H,4-5,7-9,11-14,16H2,1-3H3,(H,33,34,37)/t17-,18-,20-,21+,23-,24+,25?,27+,30+,31-/m1/s1. The normalized spacial score (nSPS) is 42.2. The molecule has 0 spiro atoms. The van der Waals surface area contributed by atoms with Crippen molar-refractivity contribution in [3.63, 3.8) is 0 Å². The van der Waals surface area contributed by atoms with Crippen molar-refractivity contribution in [2.45, 2.75) is 97.2 Å². The number of aromatic amines is 1. The van der Waals surface area contributed by atoms with Gasteiger partial charge >= 0.3 is 0 Å². The second-order valence-corrected chi connectivity index (χ2v) is 14.0. The Hall–Kier alpha value is -1.43. The number of benzene rings is 1. The lowest BCUT2D eigenvalue weighted by molar-refractivity contribution is -0.174. The molecule has 10 atom stereocenters. The summed E-state index contributed by atoms with van der Waals surface area (Å²) in [6, 6.07) is 5.28. The van der Waals surface area contributed by atoms with Crippen molar-refractivity contribution in [3.8, 4) is 0 Å². The Balaban J connectivity index is 1.19. The first-order valence-corrected chi connectivity index (χ1v) is 15.0. The highest BCUT2D eigenvalue weighted by molar-refractivity contribution is 6.31. The number of nitrogens with zero attached hydrogens (tertiary/aromatic N) is 1. The van der Waals surface area contributed by atoms with Gasteiger partial charge in [-0.05, 0) is 122 Å². The van der Waals surface area contributed by atoms with Crippen LogP contribution in [0.25, 0.3) is 10.9 Å². The molecule has 1 unspecified atom stereocenters. The van der Waals surface area contributed by atoms with E-state index >= 15 is 0 Å². The van der Waals surface area contributed by atoms with Crippen LogP contribution in [0.5, 0.6) is 0 Å². The van der Waals surface area contributed by atoms with Gasteiger partial charge < -0.3 is 15.2 Å². The highest BCUT2D eigenvalue weighted by Gasteiger charge is 2.63. The van der Waals surface area contributed by atoms with E-state index in [0.29, 0.717) is 51.4 Å². The summed E-state index contributed by atoms with van der Waals surface area (Å²) in [5, 5.41) is 23.2. The number of rotatable bonds is 4. The van der Waals surface area contributed by atoms with Crippen LogP contribution in [0.3, 0.4) is 0 Å². The fraction of sp³-hybridized carbons (Fsp3) is 0.742. The molecule has 4 aliphatic carbocycles. The van der Waals surface area contributed by atoms with E-state index in [-0.39, 0.29) is 28.6 Å². The molecule has 202 valence electrons. The van der Waals surface area contributed by atoms with E-state index < -0.39 is 0 Å². The quantitative estimate of drug-likeness (QED) is 0.447. The van der Waals surface area contributed by atoms with Gasteiger partial charge in [0.1, 0.15) is 5.82 Å². The molecule has 4 aliphatic rings. The molecule has 5 nitrogen and oxygen atoms in total. The molecule has 4 saturated carbocycles. The molecule has 0 saturated heterocycles. The fourth-order valence-corrected chi connectivity index (χ4v) is 10.2. The Morgan fingerprint density at radius 1 is 1.11 bits per heavy atom. The van der Waals surface area contributed by atoms with Crippen molar-refractivity contribution in [1.29, 1.82) is 0 Å². The lowest BCUT2D eigenvalue weighted by atomic mass is 9.43. The predicted octanol–water partition coefficient (Wildman–Crippen LogP) is 6.14. The maximum atomic E-state index is 12.6. The molecule has 1 aromatic carbocycles. The molecule has 0 aliphatic heterocycles. The molecular weight excluding hydrogens is 484 g/mol. The zero-order valence-corrected chi connectivity index (χ0v) is 23.3. The molecule has 1 heterocycles. The molecule has 0 bridgehead atoms. The number of nitrogens with one attached hydrogen (secondary N) is 1. The maximum absolute atomic E-state index is 12.6. The number of fused-ring (bicyclic) bond motifs is 6.